The third-order valence-electron chi connectivity index (χ3n) is 3.54. The van der Waals surface area contributed by atoms with Crippen molar-refractivity contribution in [2.24, 2.45) is 0 Å². The van der Waals surface area contributed by atoms with Crippen LogP contribution in [0.4, 0.5) is 0 Å². The highest BCUT2D eigenvalue weighted by molar-refractivity contribution is 6.20. The summed E-state index contributed by atoms with van der Waals surface area (Å²) < 4.78 is 0. The van der Waals surface area contributed by atoms with E-state index in [-0.39, 0.29) is 5.38 Å². The first-order chi connectivity index (χ1) is 9.20. The molecule has 2 aromatic carbocycles. The van der Waals surface area contributed by atoms with Crippen LogP contribution in [0.5, 0.6) is 0 Å². The second kappa shape index (κ2) is 6.77. The van der Waals surface area contributed by atoms with Gasteiger partial charge in [-0.2, -0.15) is 0 Å². The molecule has 2 rings (SSSR count). The van der Waals surface area contributed by atoms with Crippen molar-refractivity contribution in [3.8, 4) is 0 Å². The molecule has 0 N–H and O–H groups in total. The second-order valence-corrected chi connectivity index (χ2v) is 5.62. The van der Waals surface area contributed by atoms with Gasteiger partial charge in [-0.1, -0.05) is 61.9 Å². The fraction of sp³-hybridized carbons (Fsp3) is 0.333. The van der Waals surface area contributed by atoms with Crippen molar-refractivity contribution in [3.05, 3.63) is 70.8 Å². The molecule has 0 saturated carbocycles. The van der Waals surface area contributed by atoms with Gasteiger partial charge in [0.1, 0.15) is 0 Å². The molecule has 100 valence electrons. The van der Waals surface area contributed by atoms with Crippen molar-refractivity contribution < 1.29 is 0 Å². The molecule has 0 heterocycles. The summed E-state index contributed by atoms with van der Waals surface area (Å²) in [6.45, 7) is 4.35. The molecule has 1 atom stereocenters. The zero-order valence-electron chi connectivity index (χ0n) is 11.7. The molecule has 0 radical (unpaired) electrons. The van der Waals surface area contributed by atoms with E-state index in [1.165, 1.54) is 28.7 Å². The molecule has 1 heteroatoms. The maximum absolute atomic E-state index is 6.54. The van der Waals surface area contributed by atoms with Crippen molar-refractivity contribution in [3.63, 3.8) is 0 Å². The molecule has 0 spiro atoms. The lowest BCUT2D eigenvalue weighted by Crippen LogP contribution is -1.98. The van der Waals surface area contributed by atoms with E-state index < -0.39 is 0 Å². The Labute approximate surface area is 121 Å². The SMILES string of the molecule is CCCc1ccc(C(Cl)Cc2ccccc2C)cc1. The minimum absolute atomic E-state index is 0.0526. The molecule has 0 nitrogen and oxygen atoms in total. The zero-order chi connectivity index (χ0) is 13.7. The molecular formula is C18H21Cl. The molecular weight excluding hydrogens is 252 g/mol. The van der Waals surface area contributed by atoms with Crippen LogP contribution in [0.15, 0.2) is 48.5 Å². The van der Waals surface area contributed by atoms with Crippen molar-refractivity contribution in [2.45, 2.75) is 38.5 Å². The summed E-state index contributed by atoms with van der Waals surface area (Å²) in [5.74, 6) is 0. The minimum atomic E-state index is 0.0526. The number of rotatable bonds is 5. The second-order valence-electron chi connectivity index (χ2n) is 5.09. The first kappa shape index (κ1) is 14.1. The predicted octanol–water partition coefficient (Wildman–Crippen LogP) is 5.47. The normalized spacial score (nSPS) is 12.4. The van der Waals surface area contributed by atoms with Crippen molar-refractivity contribution in [2.75, 3.05) is 0 Å². The lowest BCUT2D eigenvalue weighted by molar-refractivity contribution is 0.897. The minimum Gasteiger partial charge on any atom is -0.117 e. The first-order valence-corrected chi connectivity index (χ1v) is 7.41. The van der Waals surface area contributed by atoms with Gasteiger partial charge in [0, 0.05) is 0 Å². The molecule has 1 unspecified atom stereocenters. The number of benzene rings is 2. The summed E-state index contributed by atoms with van der Waals surface area (Å²) in [6, 6.07) is 17.2. The fourth-order valence-corrected chi connectivity index (χ4v) is 2.64. The van der Waals surface area contributed by atoms with Crippen molar-refractivity contribution in [1.82, 2.24) is 0 Å². The monoisotopic (exact) mass is 272 g/mol. The number of hydrogen-bond donors (Lipinski definition) is 0. The van der Waals surface area contributed by atoms with Crippen LogP contribution < -0.4 is 0 Å². The van der Waals surface area contributed by atoms with Gasteiger partial charge < -0.3 is 0 Å². The zero-order valence-corrected chi connectivity index (χ0v) is 12.5. The Morgan fingerprint density at radius 3 is 2.32 bits per heavy atom. The van der Waals surface area contributed by atoms with E-state index in [9.17, 15) is 0 Å². The Bertz CT molecular complexity index is 513. The topological polar surface area (TPSA) is 0 Å². The van der Waals surface area contributed by atoms with E-state index in [4.69, 9.17) is 11.6 Å². The molecule has 2 aromatic rings. The Morgan fingerprint density at radius 2 is 1.68 bits per heavy atom. The maximum Gasteiger partial charge on any atom is 0.0625 e. The molecule has 0 saturated heterocycles. The third kappa shape index (κ3) is 3.84. The van der Waals surface area contributed by atoms with Gasteiger partial charge in [-0.05, 0) is 42.0 Å². The van der Waals surface area contributed by atoms with Crippen LogP contribution in [0.3, 0.4) is 0 Å². The van der Waals surface area contributed by atoms with E-state index in [0.29, 0.717) is 0 Å². The van der Waals surface area contributed by atoms with Crippen LogP contribution >= 0.6 is 11.6 Å². The van der Waals surface area contributed by atoms with Gasteiger partial charge in [0.25, 0.3) is 0 Å². The van der Waals surface area contributed by atoms with Crippen LogP contribution in [0.25, 0.3) is 0 Å². The largest absolute Gasteiger partial charge is 0.117 e. The van der Waals surface area contributed by atoms with E-state index in [1.54, 1.807) is 0 Å². The van der Waals surface area contributed by atoms with E-state index in [1.807, 2.05) is 0 Å². The van der Waals surface area contributed by atoms with E-state index in [2.05, 4.69) is 62.4 Å². The molecule has 0 fully saturated rings. The van der Waals surface area contributed by atoms with Gasteiger partial charge in [0.15, 0.2) is 0 Å². The van der Waals surface area contributed by atoms with E-state index >= 15 is 0 Å². The lowest BCUT2D eigenvalue weighted by Gasteiger charge is -2.12. The van der Waals surface area contributed by atoms with Crippen molar-refractivity contribution >= 4 is 11.6 Å². The van der Waals surface area contributed by atoms with Gasteiger partial charge >= 0.3 is 0 Å². The van der Waals surface area contributed by atoms with Gasteiger partial charge in [0.2, 0.25) is 0 Å². The number of hydrogen-bond acceptors (Lipinski definition) is 0. The molecule has 0 aliphatic carbocycles. The smallest absolute Gasteiger partial charge is 0.0625 e. The summed E-state index contributed by atoms with van der Waals surface area (Å²) in [5.41, 5.74) is 5.26. The Kier molecular flexibility index (Phi) is 5.04. The highest BCUT2D eigenvalue weighted by atomic mass is 35.5. The van der Waals surface area contributed by atoms with Gasteiger partial charge in [-0.15, -0.1) is 11.6 Å². The van der Waals surface area contributed by atoms with Crippen LogP contribution in [0.2, 0.25) is 0 Å². The average Bonchev–Trinajstić information content (AvgIpc) is 2.42. The standard InChI is InChI=1S/C18H21Cl/c1-3-6-15-9-11-16(12-10-15)18(19)13-17-8-5-4-7-14(17)2/h4-5,7-12,18H,3,6,13H2,1-2H3. The lowest BCUT2D eigenvalue weighted by atomic mass is 9.99. The average molecular weight is 273 g/mol. The molecule has 0 aliphatic rings. The van der Waals surface area contributed by atoms with Crippen LogP contribution in [0.1, 0.15) is 41.0 Å². The Hall–Kier alpha value is -1.27. The Morgan fingerprint density at radius 1 is 1.00 bits per heavy atom. The molecule has 0 aromatic heterocycles. The summed E-state index contributed by atoms with van der Waals surface area (Å²) in [5, 5.41) is 0.0526. The highest BCUT2D eigenvalue weighted by Crippen LogP contribution is 2.26. The summed E-state index contributed by atoms with van der Waals surface area (Å²) >= 11 is 6.54. The summed E-state index contributed by atoms with van der Waals surface area (Å²) in [6.07, 6.45) is 3.22. The summed E-state index contributed by atoms with van der Waals surface area (Å²) in [4.78, 5) is 0. The van der Waals surface area contributed by atoms with Crippen LogP contribution in [0, 0.1) is 6.92 Å². The van der Waals surface area contributed by atoms with E-state index in [0.717, 1.165) is 12.8 Å². The number of aryl methyl sites for hydroxylation is 2. The molecule has 0 amide bonds. The van der Waals surface area contributed by atoms with Crippen LogP contribution in [-0.2, 0) is 12.8 Å². The molecule has 19 heavy (non-hydrogen) atoms. The number of alkyl halides is 1. The quantitative estimate of drug-likeness (QED) is 0.633. The Balaban J connectivity index is 2.07. The third-order valence-corrected chi connectivity index (χ3v) is 3.95. The first-order valence-electron chi connectivity index (χ1n) is 6.98. The molecule has 0 aliphatic heterocycles. The predicted molar refractivity (Wildman–Crippen MR) is 83.9 cm³/mol. The van der Waals surface area contributed by atoms with Gasteiger partial charge in [-0.3, -0.25) is 0 Å². The summed E-state index contributed by atoms with van der Waals surface area (Å²) in [7, 11) is 0. The maximum atomic E-state index is 6.54. The molecule has 0 bridgehead atoms. The highest BCUT2D eigenvalue weighted by Gasteiger charge is 2.10. The fourth-order valence-electron chi connectivity index (χ4n) is 2.33. The van der Waals surface area contributed by atoms with Gasteiger partial charge in [-0.25, -0.2) is 0 Å². The number of halogens is 1. The van der Waals surface area contributed by atoms with Crippen molar-refractivity contribution in [1.29, 1.82) is 0 Å². The van der Waals surface area contributed by atoms with Gasteiger partial charge in [0.05, 0.1) is 5.38 Å². The van der Waals surface area contributed by atoms with Crippen LogP contribution in [-0.4, -0.2) is 0 Å².